The molecule has 1 amide bonds. The van der Waals surface area contributed by atoms with Crippen molar-refractivity contribution >= 4 is 22.4 Å². The summed E-state index contributed by atoms with van der Waals surface area (Å²) < 4.78 is 5.57. The second-order valence-electron chi connectivity index (χ2n) is 4.00. The second kappa shape index (κ2) is 7.56. The van der Waals surface area contributed by atoms with E-state index in [1.54, 1.807) is 0 Å². The third-order valence-electron chi connectivity index (χ3n) is 2.41. The van der Waals surface area contributed by atoms with Gasteiger partial charge in [0, 0.05) is 19.4 Å². The molecule has 0 unspecified atom stereocenters. The largest absolute Gasteiger partial charge is 0.493 e. The molecule has 2 rings (SSSR count). The van der Waals surface area contributed by atoms with Crippen LogP contribution in [-0.4, -0.2) is 29.3 Å². The maximum Gasteiger partial charge on any atom is 0.227 e. The molecule has 6 nitrogen and oxygen atoms in total. The van der Waals surface area contributed by atoms with Crippen LogP contribution < -0.4 is 15.8 Å². The normalized spacial score (nSPS) is 10.2. The van der Waals surface area contributed by atoms with E-state index in [1.807, 2.05) is 30.3 Å². The number of aromatic nitrogens is 2. The lowest BCUT2D eigenvalue weighted by Gasteiger charge is -2.03. The molecule has 0 saturated carbocycles. The molecule has 0 saturated heterocycles. The van der Waals surface area contributed by atoms with Crippen molar-refractivity contribution in [3.8, 4) is 5.75 Å². The van der Waals surface area contributed by atoms with Crippen LogP contribution in [0.15, 0.2) is 30.3 Å². The summed E-state index contributed by atoms with van der Waals surface area (Å²) in [6, 6.07) is 9.59. The molecule has 0 radical (unpaired) electrons. The summed E-state index contributed by atoms with van der Waals surface area (Å²) in [4.78, 5) is 11.3. The van der Waals surface area contributed by atoms with Crippen LogP contribution in [0.5, 0.6) is 5.75 Å². The molecule has 0 atom stereocenters. The molecule has 0 aliphatic heterocycles. The molecular formula is C13H16N4O2S. The van der Waals surface area contributed by atoms with Gasteiger partial charge in [-0.2, -0.15) is 0 Å². The third kappa shape index (κ3) is 4.60. The number of hydrogen-bond acceptors (Lipinski definition) is 6. The maximum atomic E-state index is 11.3. The van der Waals surface area contributed by atoms with Gasteiger partial charge in [-0.05, 0) is 12.1 Å². The van der Waals surface area contributed by atoms with Crippen LogP contribution in [0.2, 0.25) is 0 Å². The number of nitrogens with zero attached hydrogens (tertiary/aromatic N) is 2. The van der Waals surface area contributed by atoms with E-state index in [4.69, 9.17) is 10.5 Å². The van der Waals surface area contributed by atoms with Crippen molar-refractivity contribution < 1.29 is 9.53 Å². The van der Waals surface area contributed by atoms with Crippen molar-refractivity contribution in [3.63, 3.8) is 0 Å². The van der Waals surface area contributed by atoms with Crippen LogP contribution in [0, 0.1) is 0 Å². The number of nitrogens with one attached hydrogen (secondary N) is 1. The number of hydrogen-bond donors (Lipinski definition) is 2. The minimum atomic E-state index is -0.143. The maximum absolute atomic E-state index is 11.3. The van der Waals surface area contributed by atoms with E-state index in [2.05, 4.69) is 15.5 Å². The number of benzene rings is 1. The summed E-state index contributed by atoms with van der Waals surface area (Å²) in [5, 5.41) is 11.9. The Morgan fingerprint density at radius 1 is 1.30 bits per heavy atom. The average molecular weight is 292 g/mol. The number of nitrogens with two attached hydrogens (primary N) is 1. The van der Waals surface area contributed by atoms with Crippen molar-refractivity contribution in [2.45, 2.75) is 12.8 Å². The number of ether oxygens (including phenoxy) is 1. The highest BCUT2D eigenvalue weighted by atomic mass is 32.1. The number of para-hydroxylation sites is 1. The molecule has 1 heterocycles. The standard InChI is InChI=1S/C13H16N4O2S/c14-8-6-11(18)15-13-17-16-12(20-13)7-9-19-10-4-2-1-3-5-10/h1-5H,6-9,14H2,(H,15,17,18). The SMILES string of the molecule is NCCC(=O)Nc1nnc(CCOc2ccccc2)s1. The van der Waals surface area contributed by atoms with Gasteiger partial charge in [0.1, 0.15) is 10.8 Å². The zero-order valence-corrected chi connectivity index (χ0v) is 11.7. The minimum absolute atomic E-state index is 0.143. The quantitative estimate of drug-likeness (QED) is 0.806. The lowest BCUT2D eigenvalue weighted by atomic mass is 10.3. The van der Waals surface area contributed by atoms with Crippen LogP contribution >= 0.6 is 11.3 Å². The molecule has 0 aliphatic carbocycles. The van der Waals surface area contributed by atoms with E-state index in [1.165, 1.54) is 11.3 Å². The van der Waals surface area contributed by atoms with Crippen molar-refractivity contribution in [1.29, 1.82) is 0 Å². The summed E-state index contributed by atoms with van der Waals surface area (Å²) >= 11 is 1.35. The fourth-order valence-electron chi connectivity index (χ4n) is 1.49. The Balaban J connectivity index is 1.77. The molecule has 0 spiro atoms. The van der Waals surface area contributed by atoms with Gasteiger partial charge in [0.15, 0.2) is 0 Å². The summed E-state index contributed by atoms with van der Waals surface area (Å²) in [6.07, 6.45) is 0.936. The van der Waals surface area contributed by atoms with Crippen molar-refractivity contribution in [2.75, 3.05) is 18.5 Å². The van der Waals surface area contributed by atoms with Gasteiger partial charge in [-0.1, -0.05) is 29.5 Å². The Kier molecular flexibility index (Phi) is 5.45. The second-order valence-corrected chi connectivity index (χ2v) is 5.06. The number of anilines is 1. The molecular weight excluding hydrogens is 276 g/mol. The first-order valence-corrected chi connectivity index (χ1v) is 7.09. The topological polar surface area (TPSA) is 90.1 Å². The number of carbonyl (C=O) groups is 1. The summed E-state index contributed by atoms with van der Waals surface area (Å²) in [6.45, 7) is 0.845. The average Bonchev–Trinajstić information content (AvgIpc) is 2.88. The van der Waals surface area contributed by atoms with Gasteiger partial charge in [-0.3, -0.25) is 4.79 Å². The Morgan fingerprint density at radius 3 is 2.85 bits per heavy atom. The fourth-order valence-corrected chi connectivity index (χ4v) is 2.23. The molecule has 3 N–H and O–H groups in total. The van der Waals surface area contributed by atoms with E-state index in [0.717, 1.165) is 10.8 Å². The fraction of sp³-hybridized carbons (Fsp3) is 0.308. The van der Waals surface area contributed by atoms with Crippen LogP contribution in [0.3, 0.4) is 0 Å². The Labute approximate surface area is 121 Å². The van der Waals surface area contributed by atoms with Crippen molar-refractivity contribution in [1.82, 2.24) is 10.2 Å². The van der Waals surface area contributed by atoms with E-state index in [9.17, 15) is 4.79 Å². The number of rotatable bonds is 7. The Bertz CT molecular complexity index is 544. The number of amides is 1. The lowest BCUT2D eigenvalue weighted by Crippen LogP contribution is -2.15. The van der Waals surface area contributed by atoms with E-state index in [-0.39, 0.29) is 12.3 Å². The van der Waals surface area contributed by atoms with Crippen LogP contribution in [0.4, 0.5) is 5.13 Å². The monoisotopic (exact) mass is 292 g/mol. The van der Waals surface area contributed by atoms with Gasteiger partial charge in [0.05, 0.1) is 6.61 Å². The summed E-state index contributed by atoms with van der Waals surface area (Å²) in [5.41, 5.74) is 5.30. The first-order valence-electron chi connectivity index (χ1n) is 6.28. The van der Waals surface area contributed by atoms with Crippen molar-refractivity contribution in [3.05, 3.63) is 35.3 Å². The van der Waals surface area contributed by atoms with Gasteiger partial charge in [0.25, 0.3) is 0 Å². The van der Waals surface area contributed by atoms with Crippen LogP contribution in [0.25, 0.3) is 0 Å². The third-order valence-corrected chi connectivity index (χ3v) is 3.31. The van der Waals surface area contributed by atoms with Crippen LogP contribution in [-0.2, 0) is 11.2 Å². The Morgan fingerprint density at radius 2 is 2.10 bits per heavy atom. The van der Waals surface area contributed by atoms with Gasteiger partial charge >= 0.3 is 0 Å². The van der Waals surface area contributed by atoms with E-state index < -0.39 is 0 Å². The predicted molar refractivity (Wildman–Crippen MR) is 77.9 cm³/mol. The highest BCUT2D eigenvalue weighted by Crippen LogP contribution is 2.16. The molecule has 0 fully saturated rings. The predicted octanol–water partition coefficient (Wildman–Crippen LogP) is 1.45. The summed E-state index contributed by atoms with van der Waals surface area (Å²) in [5.74, 6) is 0.684. The molecule has 0 bridgehead atoms. The minimum Gasteiger partial charge on any atom is -0.493 e. The number of carbonyl (C=O) groups excluding carboxylic acids is 1. The van der Waals surface area contributed by atoms with Gasteiger partial charge in [-0.15, -0.1) is 10.2 Å². The summed E-state index contributed by atoms with van der Waals surface area (Å²) in [7, 11) is 0. The first kappa shape index (κ1) is 14.4. The zero-order valence-electron chi connectivity index (χ0n) is 10.9. The molecule has 1 aromatic carbocycles. The molecule has 7 heteroatoms. The van der Waals surface area contributed by atoms with Gasteiger partial charge < -0.3 is 15.8 Å². The van der Waals surface area contributed by atoms with Crippen molar-refractivity contribution in [2.24, 2.45) is 5.73 Å². The highest BCUT2D eigenvalue weighted by Gasteiger charge is 2.07. The molecule has 20 heavy (non-hydrogen) atoms. The van der Waals surface area contributed by atoms with Gasteiger partial charge in [0.2, 0.25) is 11.0 Å². The molecule has 2 aromatic rings. The molecule has 0 aliphatic rings. The Hall–Kier alpha value is -1.99. The molecule has 1 aromatic heterocycles. The van der Waals surface area contributed by atoms with Gasteiger partial charge in [-0.25, -0.2) is 0 Å². The van der Waals surface area contributed by atoms with E-state index >= 15 is 0 Å². The smallest absolute Gasteiger partial charge is 0.227 e. The zero-order chi connectivity index (χ0) is 14.2. The van der Waals surface area contributed by atoms with E-state index in [0.29, 0.717) is 24.7 Å². The highest BCUT2D eigenvalue weighted by molar-refractivity contribution is 7.15. The van der Waals surface area contributed by atoms with Crippen LogP contribution in [0.1, 0.15) is 11.4 Å². The lowest BCUT2D eigenvalue weighted by molar-refractivity contribution is -0.116. The first-order chi connectivity index (χ1) is 9.78. The molecule has 106 valence electrons.